The average molecular weight is 375 g/mol. The monoisotopic (exact) mass is 375 g/mol. The number of aromatic nitrogens is 3. The summed E-state index contributed by atoms with van der Waals surface area (Å²) in [6, 6.07) is 3.19. The molecule has 1 N–H and O–H groups in total. The van der Waals surface area contributed by atoms with Crippen molar-refractivity contribution in [2.45, 2.75) is 33.2 Å². The molecule has 0 radical (unpaired) electrons. The highest BCUT2D eigenvalue weighted by atomic mass is 32.1. The predicted octanol–water partition coefficient (Wildman–Crippen LogP) is 2.39. The standard InChI is InChI=1S/C17H21N5O3S/c1-10(2)8-15(23)22-7-6-11-13(9-22)26-17(18-11)19-14-5-4-12(20-21-14)16(24)25-3/h4-5,10H,6-9H2,1-3H3,(H,18,19,21). The largest absolute Gasteiger partial charge is 0.464 e. The van der Waals surface area contributed by atoms with Gasteiger partial charge in [-0.15, -0.1) is 10.2 Å². The number of carbonyl (C=O) groups excluding carboxylic acids is 2. The fourth-order valence-corrected chi connectivity index (χ4v) is 3.69. The minimum Gasteiger partial charge on any atom is -0.464 e. The maximum atomic E-state index is 12.3. The second-order valence-corrected chi connectivity index (χ2v) is 7.56. The number of nitrogens with zero attached hydrogens (tertiary/aromatic N) is 4. The van der Waals surface area contributed by atoms with Crippen LogP contribution in [0.4, 0.5) is 10.9 Å². The number of hydrogen-bond acceptors (Lipinski definition) is 8. The van der Waals surface area contributed by atoms with E-state index in [1.807, 2.05) is 4.90 Å². The summed E-state index contributed by atoms with van der Waals surface area (Å²) in [4.78, 5) is 31.2. The molecule has 0 unspecified atom stereocenters. The van der Waals surface area contributed by atoms with Crippen LogP contribution in [-0.4, -0.2) is 45.6 Å². The lowest BCUT2D eigenvalue weighted by molar-refractivity contribution is -0.132. The van der Waals surface area contributed by atoms with Crippen LogP contribution in [0.2, 0.25) is 0 Å². The van der Waals surface area contributed by atoms with Gasteiger partial charge < -0.3 is 15.0 Å². The van der Waals surface area contributed by atoms with Crippen molar-refractivity contribution in [3.63, 3.8) is 0 Å². The van der Waals surface area contributed by atoms with Gasteiger partial charge in [-0.05, 0) is 18.1 Å². The minimum absolute atomic E-state index is 0.149. The van der Waals surface area contributed by atoms with Crippen molar-refractivity contribution in [3.8, 4) is 0 Å². The molecular formula is C17H21N5O3S. The molecule has 0 aliphatic carbocycles. The Bertz CT molecular complexity index is 803. The first-order valence-corrected chi connectivity index (χ1v) is 9.23. The molecular weight excluding hydrogens is 354 g/mol. The van der Waals surface area contributed by atoms with E-state index in [9.17, 15) is 9.59 Å². The molecule has 0 bridgehead atoms. The number of methoxy groups -OCH3 is 1. The number of carbonyl (C=O) groups is 2. The third-order valence-corrected chi connectivity index (χ3v) is 4.96. The van der Waals surface area contributed by atoms with Gasteiger partial charge in [-0.25, -0.2) is 9.78 Å². The van der Waals surface area contributed by atoms with Crippen LogP contribution in [0.5, 0.6) is 0 Å². The Morgan fingerprint density at radius 1 is 1.35 bits per heavy atom. The summed E-state index contributed by atoms with van der Waals surface area (Å²) in [6.45, 7) is 5.41. The highest BCUT2D eigenvalue weighted by Gasteiger charge is 2.24. The summed E-state index contributed by atoms with van der Waals surface area (Å²) < 4.78 is 4.60. The number of thiazole rings is 1. The molecule has 2 aromatic rings. The Balaban J connectivity index is 1.66. The third-order valence-electron chi connectivity index (χ3n) is 3.96. The second-order valence-electron chi connectivity index (χ2n) is 6.47. The quantitative estimate of drug-likeness (QED) is 0.801. The van der Waals surface area contributed by atoms with Gasteiger partial charge in [-0.1, -0.05) is 25.2 Å². The molecule has 3 rings (SSSR count). The zero-order chi connectivity index (χ0) is 18.7. The number of anilines is 2. The Labute approximate surface area is 155 Å². The SMILES string of the molecule is COC(=O)c1ccc(Nc2nc3c(s2)CN(C(=O)CC(C)C)CC3)nn1. The van der Waals surface area contributed by atoms with Crippen LogP contribution >= 0.6 is 11.3 Å². The summed E-state index contributed by atoms with van der Waals surface area (Å²) in [5.74, 6) is 0.517. The molecule has 1 amide bonds. The Hall–Kier alpha value is -2.55. The van der Waals surface area contributed by atoms with Crippen LogP contribution in [0.15, 0.2) is 12.1 Å². The first kappa shape index (κ1) is 18.2. The van der Waals surface area contributed by atoms with Gasteiger partial charge >= 0.3 is 5.97 Å². The normalized spacial score (nSPS) is 13.5. The molecule has 0 aromatic carbocycles. The van der Waals surface area contributed by atoms with Crippen molar-refractivity contribution < 1.29 is 14.3 Å². The number of esters is 1. The molecule has 1 aliphatic rings. The molecule has 9 heteroatoms. The van der Waals surface area contributed by atoms with Gasteiger partial charge in [0.2, 0.25) is 5.91 Å². The first-order chi connectivity index (χ1) is 12.5. The van der Waals surface area contributed by atoms with E-state index in [-0.39, 0.29) is 11.6 Å². The van der Waals surface area contributed by atoms with Gasteiger partial charge in [0.25, 0.3) is 0 Å². The summed E-state index contributed by atoms with van der Waals surface area (Å²) >= 11 is 1.51. The van der Waals surface area contributed by atoms with E-state index in [2.05, 4.69) is 39.1 Å². The second kappa shape index (κ2) is 7.77. The van der Waals surface area contributed by atoms with Crippen molar-refractivity contribution in [2.75, 3.05) is 19.0 Å². The van der Waals surface area contributed by atoms with E-state index in [4.69, 9.17) is 0 Å². The molecule has 3 heterocycles. The van der Waals surface area contributed by atoms with Gasteiger partial charge in [0, 0.05) is 24.3 Å². The summed E-state index contributed by atoms with van der Waals surface area (Å²) in [5, 5.41) is 11.6. The highest BCUT2D eigenvalue weighted by molar-refractivity contribution is 7.15. The predicted molar refractivity (Wildman–Crippen MR) is 97.3 cm³/mol. The summed E-state index contributed by atoms with van der Waals surface area (Å²) in [7, 11) is 1.30. The molecule has 0 atom stereocenters. The van der Waals surface area contributed by atoms with Gasteiger partial charge in [-0.3, -0.25) is 4.79 Å². The molecule has 0 saturated heterocycles. The van der Waals surface area contributed by atoms with Gasteiger partial charge in [-0.2, -0.15) is 0 Å². The number of fused-ring (bicyclic) bond motifs is 1. The van der Waals surface area contributed by atoms with E-state index < -0.39 is 5.97 Å². The first-order valence-electron chi connectivity index (χ1n) is 8.41. The van der Waals surface area contributed by atoms with Crippen LogP contribution in [-0.2, 0) is 22.5 Å². The fraction of sp³-hybridized carbons (Fsp3) is 0.471. The third kappa shape index (κ3) is 4.16. The zero-order valence-electron chi connectivity index (χ0n) is 15.0. The van der Waals surface area contributed by atoms with Crippen molar-refractivity contribution >= 4 is 34.2 Å². The lowest BCUT2D eigenvalue weighted by atomic mass is 10.1. The zero-order valence-corrected chi connectivity index (χ0v) is 15.8. The molecule has 26 heavy (non-hydrogen) atoms. The Kier molecular flexibility index (Phi) is 5.46. The van der Waals surface area contributed by atoms with E-state index in [0.29, 0.717) is 36.4 Å². The molecule has 1 aliphatic heterocycles. The number of amides is 1. The number of nitrogens with one attached hydrogen (secondary N) is 1. The number of rotatable bonds is 5. The van der Waals surface area contributed by atoms with Crippen molar-refractivity contribution in [1.82, 2.24) is 20.1 Å². The van der Waals surface area contributed by atoms with Crippen LogP contribution in [0, 0.1) is 5.92 Å². The van der Waals surface area contributed by atoms with Gasteiger partial charge in [0.15, 0.2) is 16.6 Å². The van der Waals surface area contributed by atoms with E-state index in [0.717, 1.165) is 17.0 Å². The van der Waals surface area contributed by atoms with Crippen molar-refractivity contribution in [1.29, 1.82) is 0 Å². The van der Waals surface area contributed by atoms with E-state index >= 15 is 0 Å². The lowest BCUT2D eigenvalue weighted by Crippen LogP contribution is -2.36. The maximum absolute atomic E-state index is 12.3. The highest BCUT2D eigenvalue weighted by Crippen LogP contribution is 2.30. The van der Waals surface area contributed by atoms with Crippen molar-refractivity contribution in [2.24, 2.45) is 5.92 Å². The lowest BCUT2D eigenvalue weighted by Gasteiger charge is -2.26. The molecule has 0 saturated carbocycles. The van der Waals surface area contributed by atoms with Crippen LogP contribution in [0.1, 0.15) is 41.3 Å². The Morgan fingerprint density at radius 3 is 2.81 bits per heavy atom. The topological polar surface area (TPSA) is 97.3 Å². The molecule has 138 valence electrons. The molecule has 0 spiro atoms. The smallest absolute Gasteiger partial charge is 0.358 e. The van der Waals surface area contributed by atoms with Gasteiger partial charge in [0.05, 0.1) is 19.3 Å². The fourth-order valence-electron chi connectivity index (χ4n) is 2.66. The van der Waals surface area contributed by atoms with Crippen LogP contribution in [0.3, 0.4) is 0 Å². The maximum Gasteiger partial charge on any atom is 0.358 e. The number of hydrogen-bond donors (Lipinski definition) is 1. The summed E-state index contributed by atoms with van der Waals surface area (Å²) in [5.41, 5.74) is 1.17. The average Bonchev–Trinajstić information content (AvgIpc) is 3.02. The van der Waals surface area contributed by atoms with Gasteiger partial charge in [0.1, 0.15) is 0 Å². The van der Waals surface area contributed by atoms with E-state index in [1.165, 1.54) is 18.4 Å². The van der Waals surface area contributed by atoms with Crippen LogP contribution in [0.25, 0.3) is 0 Å². The van der Waals surface area contributed by atoms with Crippen LogP contribution < -0.4 is 5.32 Å². The molecule has 8 nitrogen and oxygen atoms in total. The number of ether oxygens (including phenoxy) is 1. The Morgan fingerprint density at radius 2 is 2.15 bits per heavy atom. The van der Waals surface area contributed by atoms with Crippen molar-refractivity contribution in [3.05, 3.63) is 28.4 Å². The molecule has 2 aromatic heterocycles. The van der Waals surface area contributed by atoms with E-state index in [1.54, 1.807) is 12.1 Å². The summed E-state index contributed by atoms with van der Waals surface area (Å²) in [6.07, 6.45) is 1.33. The molecule has 0 fully saturated rings. The minimum atomic E-state index is -0.528.